The van der Waals surface area contributed by atoms with Crippen molar-refractivity contribution >= 4 is 11.6 Å². The topological polar surface area (TPSA) is 50.2 Å². The first-order chi connectivity index (χ1) is 11.2. The summed E-state index contributed by atoms with van der Waals surface area (Å²) in [5, 5.41) is 7.18. The van der Waals surface area contributed by atoms with E-state index in [1.807, 2.05) is 36.0 Å². The first kappa shape index (κ1) is 15.7. The molecule has 1 amide bonds. The van der Waals surface area contributed by atoms with Crippen molar-refractivity contribution in [3.05, 3.63) is 48.3 Å². The lowest BCUT2D eigenvalue weighted by atomic mass is 10.1. The molecule has 1 aromatic heterocycles. The van der Waals surface area contributed by atoms with Crippen molar-refractivity contribution < 1.29 is 4.79 Å². The van der Waals surface area contributed by atoms with Gasteiger partial charge >= 0.3 is 0 Å². The van der Waals surface area contributed by atoms with Gasteiger partial charge in [0, 0.05) is 31.0 Å². The largest absolute Gasteiger partial charge is 0.326 e. The van der Waals surface area contributed by atoms with Crippen LogP contribution in [0.25, 0.3) is 0 Å². The van der Waals surface area contributed by atoms with Crippen LogP contribution in [-0.4, -0.2) is 33.7 Å². The molecule has 0 bridgehead atoms. The molecule has 0 saturated carbocycles. The Morgan fingerprint density at radius 1 is 1.30 bits per heavy atom. The third-order valence-corrected chi connectivity index (χ3v) is 4.27. The first-order valence-electron chi connectivity index (χ1n) is 8.31. The fraction of sp³-hybridized carbons (Fsp3) is 0.444. The van der Waals surface area contributed by atoms with Crippen LogP contribution in [0.3, 0.4) is 0 Å². The molecule has 5 nitrogen and oxygen atoms in total. The maximum absolute atomic E-state index is 12.2. The van der Waals surface area contributed by atoms with Crippen LogP contribution >= 0.6 is 0 Å². The number of hydrogen-bond acceptors (Lipinski definition) is 3. The fourth-order valence-corrected chi connectivity index (χ4v) is 3.06. The van der Waals surface area contributed by atoms with Crippen molar-refractivity contribution in [3.8, 4) is 0 Å². The highest BCUT2D eigenvalue weighted by atomic mass is 16.1. The molecular formula is C18H24N4O. The summed E-state index contributed by atoms with van der Waals surface area (Å²) in [6.07, 6.45) is 6.62. The number of aromatic nitrogens is 2. The van der Waals surface area contributed by atoms with E-state index in [-0.39, 0.29) is 11.9 Å². The number of nitrogens with zero attached hydrogens (tertiary/aromatic N) is 3. The van der Waals surface area contributed by atoms with Crippen LogP contribution in [0.2, 0.25) is 0 Å². The third kappa shape index (κ3) is 4.42. The Hall–Kier alpha value is -2.14. The van der Waals surface area contributed by atoms with Gasteiger partial charge in [-0.2, -0.15) is 5.10 Å². The van der Waals surface area contributed by atoms with Gasteiger partial charge in [-0.1, -0.05) is 12.1 Å². The Bertz CT molecular complexity index is 632. The van der Waals surface area contributed by atoms with Gasteiger partial charge in [-0.3, -0.25) is 14.4 Å². The molecule has 1 atom stereocenters. The fourth-order valence-electron chi connectivity index (χ4n) is 3.06. The van der Waals surface area contributed by atoms with Crippen LogP contribution in [0.5, 0.6) is 0 Å². The summed E-state index contributed by atoms with van der Waals surface area (Å²) >= 11 is 0. The van der Waals surface area contributed by atoms with Gasteiger partial charge in [0.15, 0.2) is 0 Å². The van der Waals surface area contributed by atoms with Gasteiger partial charge in [-0.25, -0.2) is 0 Å². The van der Waals surface area contributed by atoms with Gasteiger partial charge in [0.2, 0.25) is 5.91 Å². The Morgan fingerprint density at radius 3 is 2.87 bits per heavy atom. The minimum atomic E-state index is 0.0197. The van der Waals surface area contributed by atoms with Gasteiger partial charge in [-0.15, -0.1) is 0 Å². The quantitative estimate of drug-likeness (QED) is 0.892. The second-order valence-corrected chi connectivity index (χ2v) is 6.27. The minimum Gasteiger partial charge on any atom is -0.326 e. The van der Waals surface area contributed by atoms with Crippen LogP contribution in [0.15, 0.2) is 42.7 Å². The maximum atomic E-state index is 12.2. The summed E-state index contributed by atoms with van der Waals surface area (Å²) in [5.41, 5.74) is 2.13. The molecule has 0 radical (unpaired) electrons. The predicted molar refractivity (Wildman–Crippen MR) is 91.1 cm³/mol. The van der Waals surface area contributed by atoms with E-state index in [9.17, 15) is 4.79 Å². The van der Waals surface area contributed by atoms with Gasteiger partial charge in [-0.05, 0) is 56.6 Å². The van der Waals surface area contributed by atoms with Crippen molar-refractivity contribution in [3.63, 3.8) is 0 Å². The number of hydrogen-bond donors (Lipinski definition) is 1. The highest BCUT2D eigenvalue weighted by molar-refractivity contribution is 5.91. The molecule has 2 heterocycles. The Balaban J connectivity index is 1.55. The smallest absolute Gasteiger partial charge is 0.226 e. The van der Waals surface area contributed by atoms with E-state index in [1.165, 1.54) is 31.5 Å². The van der Waals surface area contributed by atoms with Crippen LogP contribution in [0.4, 0.5) is 5.69 Å². The van der Waals surface area contributed by atoms with E-state index in [2.05, 4.69) is 27.4 Å². The number of carbonyl (C=O) groups is 1. The SMILES string of the molecule is CC(CC(=O)Nc1cccc(CN2CCCC2)c1)n1cccn1. The minimum absolute atomic E-state index is 0.0197. The number of amides is 1. The van der Waals surface area contributed by atoms with E-state index >= 15 is 0 Å². The van der Waals surface area contributed by atoms with E-state index in [0.29, 0.717) is 6.42 Å². The molecule has 2 aromatic rings. The lowest BCUT2D eigenvalue weighted by Gasteiger charge is -2.16. The molecule has 1 N–H and O–H groups in total. The van der Waals surface area contributed by atoms with Crippen molar-refractivity contribution in [1.82, 2.24) is 14.7 Å². The molecular weight excluding hydrogens is 288 g/mol. The second-order valence-electron chi connectivity index (χ2n) is 6.27. The highest BCUT2D eigenvalue weighted by Gasteiger charge is 2.13. The second kappa shape index (κ2) is 7.42. The molecule has 1 aromatic carbocycles. The van der Waals surface area contributed by atoms with E-state index < -0.39 is 0 Å². The van der Waals surface area contributed by atoms with Crippen molar-refractivity contribution in [1.29, 1.82) is 0 Å². The average Bonchev–Trinajstić information content (AvgIpc) is 3.20. The molecule has 1 aliphatic rings. The number of rotatable bonds is 6. The maximum Gasteiger partial charge on any atom is 0.226 e. The third-order valence-electron chi connectivity index (χ3n) is 4.27. The molecule has 1 fully saturated rings. The number of likely N-dealkylation sites (tertiary alicyclic amines) is 1. The van der Waals surface area contributed by atoms with Crippen LogP contribution in [0.1, 0.15) is 37.8 Å². The zero-order valence-electron chi connectivity index (χ0n) is 13.6. The number of carbonyl (C=O) groups excluding carboxylic acids is 1. The molecule has 122 valence electrons. The normalized spacial score (nSPS) is 16.4. The first-order valence-corrected chi connectivity index (χ1v) is 8.31. The molecule has 23 heavy (non-hydrogen) atoms. The lowest BCUT2D eigenvalue weighted by Crippen LogP contribution is -2.19. The molecule has 0 spiro atoms. The van der Waals surface area contributed by atoms with E-state index in [1.54, 1.807) is 6.20 Å². The lowest BCUT2D eigenvalue weighted by molar-refractivity contribution is -0.116. The number of anilines is 1. The predicted octanol–water partition coefficient (Wildman–Crippen LogP) is 3.07. The van der Waals surface area contributed by atoms with Gasteiger partial charge in [0.1, 0.15) is 0 Å². The molecule has 0 aliphatic carbocycles. The standard InChI is InChI=1S/C18H24N4O/c1-15(22-11-5-8-19-22)12-18(23)20-17-7-4-6-16(13-17)14-21-9-2-3-10-21/h4-8,11,13,15H,2-3,9-10,12,14H2,1H3,(H,20,23). The summed E-state index contributed by atoms with van der Waals surface area (Å²) in [6, 6.07) is 10.1. The molecule has 3 rings (SSSR count). The highest BCUT2D eigenvalue weighted by Crippen LogP contribution is 2.17. The Kier molecular flexibility index (Phi) is 5.08. The summed E-state index contributed by atoms with van der Waals surface area (Å²) in [6.45, 7) is 5.32. The average molecular weight is 312 g/mol. The zero-order chi connectivity index (χ0) is 16.1. The Labute approximate surface area is 137 Å². The van der Waals surface area contributed by atoms with Crippen LogP contribution in [-0.2, 0) is 11.3 Å². The van der Waals surface area contributed by atoms with Crippen molar-refractivity contribution in [2.45, 2.75) is 38.8 Å². The van der Waals surface area contributed by atoms with Gasteiger partial charge < -0.3 is 5.32 Å². The van der Waals surface area contributed by atoms with Crippen molar-refractivity contribution in [2.75, 3.05) is 18.4 Å². The summed E-state index contributed by atoms with van der Waals surface area (Å²) in [7, 11) is 0. The van der Waals surface area contributed by atoms with Crippen LogP contribution < -0.4 is 5.32 Å². The molecule has 1 unspecified atom stereocenters. The molecule has 1 saturated heterocycles. The number of benzene rings is 1. The molecule has 5 heteroatoms. The van der Waals surface area contributed by atoms with Gasteiger partial charge in [0.05, 0.1) is 6.04 Å². The van der Waals surface area contributed by atoms with E-state index in [0.717, 1.165) is 12.2 Å². The van der Waals surface area contributed by atoms with Crippen molar-refractivity contribution in [2.24, 2.45) is 0 Å². The zero-order valence-corrected chi connectivity index (χ0v) is 13.6. The van der Waals surface area contributed by atoms with E-state index in [4.69, 9.17) is 0 Å². The van der Waals surface area contributed by atoms with Crippen LogP contribution in [0, 0.1) is 0 Å². The Morgan fingerprint density at radius 2 is 2.13 bits per heavy atom. The summed E-state index contributed by atoms with van der Waals surface area (Å²) in [5.74, 6) is 0.0197. The monoisotopic (exact) mass is 312 g/mol. The number of nitrogens with one attached hydrogen (secondary N) is 1. The molecule has 1 aliphatic heterocycles. The van der Waals surface area contributed by atoms with Gasteiger partial charge in [0.25, 0.3) is 0 Å². The summed E-state index contributed by atoms with van der Waals surface area (Å²) in [4.78, 5) is 14.7. The summed E-state index contributed by atoms with van der Waals surface area (Å²) < 4.78 is 1.81.